The van der Waals surface area contributed by atoms with E-state index in [0.717, 1.165) is 11.1 Å². The van der Waals surface area contributed by atoms with Crippen molar-refractivity contribution in [2.45, 2.75) is 6.92 Å². The van der Waals surface area contributed by atoms with Crippen molar-refractivity contribution in [1.29, 1.82) is 5.26 Å². The summed E-state index contributed by atoms with van der Waals surface area (Å²) < 4.78 is 4.97. The molecule has 3 nitrogen and oxygen atoms in total. The van der Waals surface area contributed by atoms with Crippen LogP contribution in [0.15, 0.2) is 48.5 Å². The number of benzene rings is 2. The number of nitrogens with zero attached hydrogens (tertiary/aromatic N) is 1. The van der Waals surface area contributed by atoms with E-state index in [0.29, 0.717) is 17.7 Å². The Hall–Kier alpha value is -2.60. The third kappa shape index (κ3) is 2.80. The highest BCUT2D eigenvalue weighted by Crippen LogP contribution is 2.24. The van der Waals surface area contributed by atoms with Gasteiger partial charge in [-0.05, 0) is 36.2 Å². The van der Waals surface area contributed by atoms with Gasteiger partial charge >= 0.3 is 5.97 Å². The predicted octanol–water partition coefficient (Wildman–Crippen LogP) is 3.40. The highest BCUT2D eigenvalue weighted by molar-refractivity contribution is 5.91. The zero-order valence-electron chi connectivity index (χ0n) is 10.6. The maximum absolute atomic E-state index is 11.7. The summed E-state index contributed by atoms with van der Waals surface area (Å²) in [7, 11) is 0. The van der Waals surface area contributed by atoms with Crippen molar-refractivity contribution in [3.8, 4) is 17.2 Å². The van der Waals surface area contributed by atoms with E-state index in [4.69, 9.17) is 10.00 Å². The first-order valence-electron chi connectivity index (χ1n) is 6.03. The molecule has 0 aliphatic rings. The molecule has 3 heteroatoms. The first-order chi connectivity index (χ1) is 9.26. The van der Waals surface area contributed by atoms with Crippen molar-refractivity contribution in [1.82, 2.24) is 0 Å². The summed E-state index contributed by atoms with van der Waals surface area (Å²) >= 11 is 0. The van der Waals surface area contributed by atoms with Gasteiger partial charge in [0.25, 0.3) is 0 Å². The number of ether oxygens (including phenoxy) is 1. The van der Waals surface area contributed by atoms with Crippen molar-refractivity contribution in [2.24, 2.45) is 0 Å². The van der Waals surface area contributed by atoms with E-state index in [-0.39, 0.29) is 5.97 Å². The molecule has 2 rings (SSSR count). The predicted molar refractivity (Wildman–Crippen MR) is 72.5 cm³/mol. The number of esters is 1. The summed E-state index contributed by atoms with van der Waals surface area (Å²) in [5, 5.41) is 9.10. The van der Waals surface area contributed by atoms with E-state index in [2.05, 4.69) is 6.07 Å². The molecule has 0 saturated heterocycles. The number of carbonyl (C=O) groups is 1. The number of nitriles is 1. The highest BCUT2D eigenvalue weighted by atomic mass is 16.5. The number of carbonyl (C=O) groups excluding carboxylic acids is 1. The van der Waals surface area contributed by atoms with E-state index >= 15 is 0 Å². The summed E-state index contributed by atoms with van der Waals surface area (Å²) in [5.74, 6) is -0.348. The van der Waals surface area contributed by atoms with Crippen LogP contribution in [0.2, 0.25) is 0 Å². The lowest BCUT2D eigenvalue weighted by Crippen LogP contribution is -2.04. The molecule has 0 radical (unpaired) electrons. The fourth-order valence-corrected chi connectivity index (χ4v) is 1.86. The van der Waals surface area contributed by atoms with Crippen LogP contribution in [0.3, 0.4) is 0 Å². The fourth-order valence-electron chi connectivity index (χ4n) is 1.86. The van der Waals surface area contributed by atoms with Gasteiger partial charge in [-0.2, -0.15) is 5.26 Å². The topological polar surface area (TPSA) is 50.1 Å². The van der Waals surface area contributed by atoms with Crippen LogP contribution < -0.4 is 0 Å². The molecule has 0 aliphatic carbocycles. The molecule has 0 fully saturated rings. The molecule has 0 aromatic heterocycles. The van der Waals surface area contributed by atoms with Gasteiger partial charge in [0.15, 0.2) is 0 Å². The number of hydrogen-bond acceptors (Lipinski definition) is 3. The van der Waals surface area contributed by atoms with Crippen LogP contribution in [0.25, 0.3) is 11.1 Å². The van der Waals surface area contributed by atoms with E-state index in [1.54, 1.807) is 31.2 Å². The molecule has 0 heterocycles. The zero-order valence-corrected chi connectivity index (χ0v) is 10.6. The van der Waals surface area contributed by atoms with E-state index in [1.165, 1.54) is 0 Å². The largest absolute Gasteiger partial charge is 0.462 e. The molecule has 94 valence electrons. The van der Waals surface area contributed by atoms with Gasteiger partial charge in [0.1, 0.15) is 0 Å². The van der Waals surface area contributed by atoms with Gasteiger partial charge in [-0.3, -0.25) is 0 Å². The Labute approximate surface area is 112 Å². The molecule has 0 bridgehead atoms. The van der Waals surface area contributed by atoms with Crippen LogP contribution in [0.5, 0.6) is 0 Å². The molecule has 0 unspecified atom stereocenters. The van der Waals surface area contributed by atoms with Gasteiger partial charge in [0.05, 0.1) is 23.8 Å². The second kappa shape index (κ2) is 5.83. The number of rotatable bonds is 3. The Morgan fingerprint density at radius 3 is 2.74 bits per heavy atom. The average molecular weight is 251 g/mol. The fraction of sp³-hybridized carbons (Fsp3) is 0.125. The van der Waals surface area contributed by atoms with Gasteiger partial charge in [-0.15, -0.1) is 0 Å². The molecule has 0 amide bonds. The lowest BCUT2D eigenvalue weighted by Gasteiger charge is -2.06. The van der Waals surface area contributed by atoms with Crippen molar-refractivity contribution >= 4 is 5.97 Å². The van der Waals surface area contributed by atoms with Crippen LogP contribution in [-0.4, -0.2) is 12.6 Å². The Balaban J connectivity index is 2.44. The minimum absolute atomic E-state index is 0.345. The van der Waals surface area contributed by atoms with Gasteiger partial charge in [0.2, 0.25) is 0 Å². The van der Waals surface area contributed by atoms with Gasteiger partial charge in [-0.1, -0.05) is 30.3 Å². The summed E-state index contributed by atoms with van der Waals surface area (Å²) in [5.41, 5.74) is 2.73. The molecule has 2 aromatic rings. The van der Waals surface area contributed by atoms with E-state index in [9.17, 15) is 4.79 Å². The molecular formula is C16H13NO2. The normalized spacial score (nSPS) is 9.68. The summed E-state index contributed by atoms with van der Waals surface area (Å²) in [4.78, 5) is 11.7. The minimum atomic E-state index is -0.348. The first kappa shape index (κ1) is 12.8. The van der Waals surface area contributed by atoms with Gasteiger partial charge in [0, 0.05) is 0 Å². The second-order valence-corrected chi connectivity index (χ2v) is 3.96. The third-order valence-electron chi connectivity index (χ3n) is 2.73. The summed E-state index contributed by atoms with van der Waals surface area (Å²) in [6.45, 7) is 2.12. The molecule has 2 aromatic carbocycles. The Morgan fingerprint density at radius 2 is 2.00 bits per heavy atom. The Kier molecular flexibility index (Phi) is 3.94. The highest BCUT2D eigenvalue weighted by Gasteiger charge is 2.09. The molecule has 0 spiro atoms. The van der Waals surface area contributed by atoms with Crippen LogP contribution in [0.4, 0.5) is 0 Å². The van der Waals surface area contributed by atoms with Crippen LogP contribution in [0.1, 0.15) is 22.8 Å². The lowest BCUT2D eigenvalue weighted by atomic mass is 9.99. The SMILES string of the molecule is CCOC(=O)c1cccc(-c2ccccc2C#N)c1. The maximum Gasteiger partial charge on any atom is 0.338 e. The van der Waals surface area contributed by atoms with Crippen molar-refractivity contribution < 1.29 is 9.53 Å². The standard InChI is InChI=1S/C16H13NO2/c1-2-19-16(18)13-8-5-7-12(10-13)15-9-4-3-6-14(15)11-17/h3-10H,2H2,1H3. The van der Waals surface area contributed by atoms with Crippen LogP contribution in [0, 0.1) is 11.3 Å². The second-order valence-electron chi connectivity index (χ2n) is 3.96. The monoisotopic (exact) mass is 251 g/mol. The van der Waals surface area contributed by atoms with Crippen molar-refractivity contribution in [3.05, 3.63) is 59.7 Å². The maximum atomic E-state index is 11.7. The van der Waals surface area contributed by atoms with E-state index < -0.39 is 0 Å². The summed E-state index contributed by atoms with van der Waals surface area (Å²) in [6, 6.07) is 16.6. The van der Waals surface area contributed by atoms with Crippen LogP contribution >= 0.6 is 0 Å². The van der Waals surface area contributed by atoms with E-state index in [1.807, 2.05) is 24.3 Å². The van der Waals surface area contributed by atoms with Gasteiger partial charge in [-0.25, -0.2) is 4.79 Å². The van der Waals surface area contributed by atoms with Crippen LogP contribution in [-0.2, 0) is 4.74 Å². The number of hydrogen-bond donors (Lipinski definition) is 0. The molecule has 0 atom stereocenters. The molecular weight excluding hydrogens is 238 g/mol. The third-order valence-corrected chi connectivity index (χ3v) is 2.73. The lowest BCUT2D eigenvalue weighted by molar-refractivity contribution is 0.0526. The Bertz CT molecular complexity index is 641. The van der Waals surface area contributed by atoms with Crippen molar-refractivity contribution in [3.63, 3.8) is 0 Å². The summed E-state index contributed by atoms with van der Waals surface area (Å²) in [6.07, 6.45) is 0. The molecule has 0 N–H and O–H groups in total. The van der Waals surface area contributed by atoms with Crippen molar-refractivity contribution in [2.75, 3.05) is 6.61 Å². The molecule has 0 saturated carbocycles. The smallest absolute Gasteiger partial charge is 0.338 e. The average Bonchev–Trinajstić information content (AvgIpc) is 2.47. The molecule has 0 aliphatic heterocycles. The minimum Gasteiger partial charge on any atom is -0.462 e. The quantitative estimate of drug-likeness (QED) is 0.785. The van der Waals surface area contributed by atoms with Gasteiger partial charge < -0.3 is 4.74 Å². The Morgan fingerprint density at radius 1 is 1.21 bits per heavy atom. The first-order valence-corrected chi connectivity index (χ1v) is 6.03. The zero-order chi connectivity index (χ0) is 13.7. The molecule has 19 heavy (non-hydrogen) atoms.